The van der Waals surface area contributed by atoms with Gasteiger partial charge in [-0.3, -0.25) is 14.9 Å². The minimum Gasteiger partial charge on any atom is -0.496 e. The largest absolute Gasteiger partial charge is 0.496 e. The first-order valence-electron chi connectivity index (χ1n) is 8.44. The second kappa shape index (κ2) is 6.80. The summed E-state index contributed by atoms with van der Waals surface area (Å²) in [6.07, 6.45) is 5.03. The number of amides is 1. The number of hydrogen-bond donors (Lipinski definition) is 1. The standard InChI is InChI=1S/C19H18N2O3S/c22-17-13-8-4-5-9-16(13)24-10-14(17)18(23)21-19-20-15(11-25-19)12-6-2-1-3-7-12/h1-3,6-7,10-11,13,16H,4-5,8-9H2,(H,20,21,23). The Morgan fingerprint density at radius 1 is 1.20 bits per heavy atom. The van der Waals surface area contributed by atoms with E-state index in [1.807, 2.05) is 35.7 Å². The smallest absolute Gasteiger partial charge is 0.264 e. The van der Waals surface area contributed by atoms with Gasteiger partial charge in [0.25, 0.3) is 5.91 Å². The van der Waals surface area contributed by atoms with Gasteiger partial charge in [-0.05, 0) is 19.3 Å². The summed E-state index contributed by atoms with van der Waals surface area (Å²) < 4.78 is 5.64. The molecule has 4 rings (SSSR count). The summed E-state index contributed by atoms with van der Waals surface area (Å²) in [4.78, 5) is 29.5. The zero-order chi connectivity index (χ0) is 17.2. The number of aromatic nitrogens is 1. The highest BCUT2D eigenvalue weighted by atomic mass is 32.1. The Morgan fingerprint density at radius 3 is 2.84 bits per heavy atom. The number of nitrogens with one attached hydrogen (secondary N) is 1. The lowest BCUT2D eigenvalue weighted by atomic mass is 9.80. The first-order chi connectivity index (χ1) is 12.2. The average molecular weight is 354 g/mol. The molecule has 0 radical (unpaired) electrons. The highest BCUT2D eigenvalue weighted by Gasteiger charge is 2.39. The molecule has 128 valence electrons. The summed E-state index contributed by atoms with van der Waals surface area (Å²) in [7, 11) is 0. The van der Waals surface area contributed by atoms with E-state index in [-0.39, 0.29) is 23.4 Å². The maximum Gasteiger partial charge on any atom is 0.264 e. The lowest BCUT2D eigenvalue weighted by molar-refractivity contribution is -0.129. The zero-order valence-electron chi connectivity index (χ0n) is 13.6. The van der Waals surface area contributed by atoms with E-state index in [0.29, 0.717) is 5.13 Å². The summed E-state index contributed by atoms with van der Waals surface area (Å²) in [6.45, 7) is 0. The van der Waals surface area contributed by atoms with Gasteiger partial charge < -0.3 is 4.74 Å². The highest BCUT2D eigenvalue weighted by Crippen LogP contribution is 2.33. The Labute approximate surface area is 149 Å². The molecular formula is C19H18N2O3S. The topological polar surface area (TPSA) is 68.3 Å². The molecule has 0 saturated heterocycles. The molecule has 6 heteroatoms. The van der Waals surface area contributed by atoms with Gasteiger partial charge in [0.2, 0.25) is 0 Å². The third kappa shape index (κ3) is 3.22. The van der Waals surface area contributed by atoms with Gasteiger partial charge in [-0.1, -0.05) is 36.8 Å². The molecule has 25 heavy (non-hydrogen) atoms. The monoisotopic (exact) mass is 354 g/mol. The van der Waals surface area contributed by atoms with Crippen molar-refractivity contribution >= 4 is 28.2 Å². The molecule has 1 saturated carbocycles. The summed E-state index contributed by atoms with van der Waals surface area (Å²) in [6, 6.07) is 9.75. The van der Waals surface area contributed by atoms with Crippen LogP contribution in [0, 0.1) is 5.92 Å². The number of ether oxygens (including phenoxy) is 1. The molecule has 2 atom stereocenters. The third-order valence-electron chi connectivity index (χ3n) is 4.70. The summed E-state index contributed by atoms with van der Waals surface area (Å²) >= 11 is 1.34. The minimum atomic E-state index is -0.442. The molecule has 1 N–H and O–H groups in total. The van der Waals surface area contributed by atoms with Gasteiger partial charge in [-0.2, -0.15) is 0 Å². The number of carbonyl (C=O) groups is 2. The summed E-state index contributed by atoms with van der Waals surface area (Å²) in [5.74, 6) is -0.730. The molecule has 2 aromatic rings. The van der Waals surface area contributed by atoms with Crippen LogP contribution < -0.4 is 5.32 Å². The van der Waals surface area contributed by atoms with Crippen LogP contribution in [0.1, 0.15) is 25.7 Å². The van der Waals surface area contributed by atoms with Crippen molar-refractivity contribution in [2.24, 2.45) is 5.92 Å². The van der Waals surface area contributed by atoms with E-state index in [2.05, 4.69) is 10.3 Å². The van der Waals surface area contributed by atoms with Crippen LogP contribution in [-0.2, 0) is 14.3 Å². The number of carbonyl (C=O) groups excluding carboxylic acids is 2. The Morgan fingerprint density at radius 2 is 2.00 bits per heavy atom. The SMILES string of the molecule is O=C(Nc1nc(-c2ccccc2)cs1)C1=COC2CCCCC2C1=O. The predicted octanol–water partition coefficient (Wildman–Crippen LogP) is 3.79. The van der Waals surface area contributed by atoms with Gasteiger partial charge in [0, 0.05) is 10.9 Å². The molecule has 2 unspecified atom stereocenters. The van der Waals surface area contributed by atoms with Crippen LogP contribution in [0.2, 0.25) is 0 Å². The molecule has 2 heterocycles. The van der Waals surface area contributed by atoms with Crippen LogP contribution in [0.3, 0.4) is 0 Å². The van der Waals surface area contributed by atoms with Crippen LogP contribution >= 0.6 is 11.3 Å². The van der Waals surface area contributed by atoms with Gasteiger partial charge >= 0.3 is 0 Å². The Kier molecular flexibility index (Phi) is 4.36. The number of Topliss-reactive ketones (excluding diaryl/α,β-unsaturated/α-hetero) is 1. The van der Waals surface area contributed by atoms with E-state index in [0.717, 1.165) is 36.9 Å². The second-order valence-electron chi connectivity index (χ2n) is 6.32. The maximum absolute atomic E-state index is 12.6. The van der Waals surface area contributed by atoms with Crippen molar-refractivity contribution < 1.29 is 14.3 Å². The minimum absolute atomic E-state index is 0.0673. The molecule has 1 aliphatic carbocycles. The lowest BCUT2D eigenvalue weighted by Crippen LogP contribution is -2.39. The van der Waals surface area contributed by atoms with Gasteiger partial charge in [-0.15, -0.1) is 11.3 Å². The van der Waals surface area contributed by atoms with Gasteiger partial charge in [0.05, 0.1) is 17.9 Å². The van der Waals surface area contributed by atoms with Gasteiger partial charge in [0.1, 0.15) is 11.7 Å². The quantitative estimate of drug-likeness (QED) is 0.852. The third-order valence-corrected chi connectivity index (χ3v) is 5.46. The number of ketones is 1. The molecule has 0 spiro atoms. The Hall–Kier alpha value is -2.47. The highest BCUT2D eigenvalue weighted by molar-refractivity contribution is 7.14. The number of benzene rings is 1. The van der Waals surface area contributed by atoms with Gasteiger partial charge in [0.15, 0.2) is 10.9 Å². The number of nitrogens with zero attached hydrogens (tertiary/aromatic N) is 1. The zero-order valence-corrected chi connectivity index (χ0v) is 14.4. The van der Waals surface area contributed by atoms with Crippen LogP contribution in [0.4, 0.5) is 5.13 Å². The molecule has 2 aliphatic rings. The second-order valence-corrected chi connectivity index (χ2v) is 7.18. The molecule has 1 aromatic heterocycles. The van der Waals surface area contributed by atoms with E-state index < -0.39 is 5.91 Å². The van der Waals surface area contributed by atoms with Crippen molar-refractivity contribution in [2.45, 2.75) is 31.8 Å². The Balaban J connectivity index is 1.48. The predicted molar refractivity (Wildman–Crippen MR) is 96.1 cm³/mol. The molecule has 0 bridgehead atoms. The lowest BCUT2D eigenvalue weighted by Gasteiger charge is -2.33. The van der Waals surface area contributed by atoms with Crippen molar-refractivity contribution in [3.05, 3.63) is 47.5 Å². The van der Waals surface area contributed by atoms with E-state index in [1.54, 1.807) is 0 Å². The Bertz CT molecular complexity index is 828. The maximum atomic E-state index is 12.6. The average Bonchev–Trinajstić information content (AvgIpc) is 3.11. The summed E-state index contributed by atoms with van der Waals surface area (Å²) in [5.41, 5.74) is 1.88. The van der Waals surface area contributed by atoms with E-state index in [1.165, 1.54) is 17.6 Å². The van der Waals surface area contributed by atoms with E-state index in [4.69, 9.17) is 4.74 Å². The fourth-order valence-corrected chi connectivity index (χ4v) is 4.09. The van der Waals surface area contributed by atoms with Crippen molar-refractivity contribution in [1.82, 2.24) is 4.98 Å². The number of thiazole rings is 1. The first kappa shape index (κ1) is 16.0. The molecular weight excluding hydrogens is 336 g/mol. The van der Waals surface area contributed by atoms with Crippen LogP contribution in [0.5, 0.6) is 0 Å². The van der Waals surface area contributed by atoms with Crippen molar-refractivity contribution in [2.75, 3.05) is 5.32 Å². The molecule has 1 aromatic carbocycles. The van der Waals surface area contributed by atoms with Crippen molar-refractivity contribution in [1.29, 1.82) is 0 Å². The normalized spacial score (nSPS) is 22.6. The summed E-state index contributed by atoms with van der Waals surface area (Å²) in [5, 5.41) is 5.09. The fraction of sp³-hybridized carbons (Fsp3) is 0.316. The molecule has 5 nitrogen and oxygen atoms in total. The van der Waals surface area contributed by atoms with Crippen molar-refractivity contribution in [3.63, 3.8) is 0 Å². The number of anilines is 1. The number of hydrogen-bond acceptors (Lipinski definition) is 5. The molecule has 1 aliphatic heterocycles. The van der Waals surface area contributed by atoms with E-state index >= 15 is 0 Å². The fourth-order valence-electron chi connectivity index (χ4n) is 3.38. The number of fused-ring (bicyclic) bond motifs is 1. The first-order valence-corrected chi connectivity index (χ1v) is 9.32. The molecule has 1 fully saturated rings. The van der Waals surface area contributed by atoms with Crippen LogP contribution in [0.15, 0.2) is 47.5 Å². The van der Waals surface area contributed by atoms with Crippen molar-refractivity contribution in [3.8, 4) is 11.3 Å². The van der Waals surface area contributed by atoms with E-state index in [9.17, 15) is 9.59 Å². The van der Waals surface area contributed by atoms with Crippen LogP contribution in [-0.4, -0.2) is 22.8 Å². The molecule has 1 amide bonds. The van der Waals surface area contributed by atoms with Gasteiger partial charge in [-0.25, -0.2) is 4.98 Å². The van der Waals surface area contributed by atoms with Crippen LogP contribution in [0.25, 0.3) is 11.3 Å². The number of rotatable bonds is 3.